The van der Waals surface area contributed by atoms with Crippen molar-refractivity contribution < 1.29 is 9.21 Å². The number of fused-ring (bicyclic) bond motifs is 2. The maximum Gasteiger partial charge on any atom is 0.252 e. The molecule has 1 amide bonds. The molecule has 0 aliphatic rings. The average molecular weight is 415 g/mol. The van der Waals surface area contributed by atoms with E-state index < -0.39 is 0 Å². The van der Waals surface area contributed by atoms with Crippen molar-refractivity contribution in [2.75, 3.05) is 0 Å². The highest BCUT2D eigenvalue weighted by molar-refractivity contribution is 7.21. The summed E-state index contributed by atoms with van der Waals surface area (Å²) in [6, 6.07) is 20.3. The number of carbonyl (C=O) groups is 1. The second kappa shape index (κ2) is 7.27. The quantitative estimate of drug-likeness (QED) is 0.474. The van der Waals surface area contributed by atoms with Gasteiger partial charge in [-0.05, 0) is 30.3 Å². The van der Waals surface area contributed by atoms with Gasteiger partial charge in [-0.15, -0.1) is 11.3 Å². The fraction of sp³-hybridized carbons (Fsp3) is 0.0870. The fourth-order valence-electron chi connectivity index (χ4n) is 3.43. The summed E-state index contributed by atoms with van der Waals surface area (Å²) >= 11 is 1.56. The van der Waals surface area contributed by atoms with Crippen molar-refractivity contribution in [2.24, 2.45) is 7.05 Å². The van der Waals surface area contributed by atoms with Gasteiger partial charge in [0.15, 0.2) is 10.8 Å². The van der Waals surface area contributed by atoms with Crippen LogP contribution >= 0.6 is 11.3 Å². The van der Waals surface area contributed by atoms with Crippen LogP contribution in [0.2, 0.25) is 0 Å². The van der Waals surface area contributed by atoms with Gasteiger partial charge in [-0.1, -0.05) is 30.3 Å². The van der Waals surface area contributed by atoms with Crippen LogP contribution < -0.4 is 10.9 Å². The maximum absolute atomic E-state index is 12.8. The summed E-state index contributed by atoms with van der Waals surface area (Å²) < 4.78 is 8.51. The molecule has 0 aliphatic heterocycles. The zero-order chi connectivity index (χ0) is 20.7. The monoisotopic (exact) mass is 415 g/mol. The molecule has 0 saturated carbocycles. The van der Waals surface area contributed by atoms with E-state index in [0.717, 1.165) is 20.6 Å². The first-order valence-corrected chi connectivity index (χ1v) is 10.2. The van der Waals surface area contributed by atoms with Gasteiger partial charge in [-0.25, -0.2) is 4.98 Å². The molecule has 3 heterocycles. The van der Waals surface area contributed by atoms with Crippen LogP contribution in [0.3, 0.4) is 0 Å². The third-order valence-electron chi connectivity index (χ3n) is 4.99. The molecule has 0 atom stereocenters. The molecule has 0 saturated heterocycles. The summed E-state index contributed by atoms with van der Waals surface area (Å²) in [4.78, 5) is 29.6. The molecule has 0 aliphatic carbocycles. The first kappa shape index (κ1) is 18.3. The van der Waals surface area contributed by atoms with Crippen LogP contribution in [0.25, 0.3) is 31.9 Å². The van der Waals surface area contributed by atoms with Gasteiger partial charge in [-0.3, -0.25) is 9.59 Å². The summed E-state index contributed by atoms with van der Waals surface area (Å²) in [5.41, 5.74) is 1.77. The maximum atomic E-state index is 12.8. The number of nitrogens with zero attached hydrogens (tertiary/aromatic N) is 2. The zero-order valence-corrected chi connectivity index (χ0v) is 16.9. The van der Waals surface area contributed by atoms with Crippen molar-refractivity contribution in [1.29, 1.82) is 0 Å². The minimum Gasteiger partial charge on any atom is -0.457 e. The Balaban J connectivity index is 1.37. The predicted octanol–water partition coefficient (Wildman–Crippen LogP) is 4.34. The van der Waals surface area contributed by atoms with E-state index in [1.807, 2.05) is 60.7 Å². The Morgan fingerprint density at radius 3 is 2.77 bits per heavy atom. The lowest BCUT2D eigenvalue weighted by Gasteiger charge is -2.10. The van der Waals surface area contributed by atoms with E-state index in [4.69, 9.17) is 4.42 Å². The summed E-state index contributed by atoms with van der Waals surface area (Å²) in [6.07, 6.45) is 0. The van der Waals surface area contributed by atoms with Gasteiger partial charge in [0.2, 0.25) is 0 Å². The molecule has 148 valence electrons. The standard InChI is InChI=1S/C23H17N3O3S/c1-26-18-8-4-2-6-15(18)16(12-21(26)27)22(28)24-13-14-10-11-19(29-14)23-25-17-7-3-5-9-20(17)30-23/h2-12H,13H2,1H3,(H,24,28). The minimum absolute atomic E-state index is 0.216. The molecule has 0 unspecified atom stereocenters. The number of rotatable bonds is 4. The topological polar surface area (TPSA) is 77.1 Å². The molecule has 3 aromatic heterocycles. The van der Waals surface area contributed by atoms with Gasteiger partial charge in [0.05, 0.1) is 27.8 Å². The molecular weight excluding hydrogens is 398 g/mol. The first-order chi connectivity index (χ1) is 14.6. The van der Waals surface area contributed by atoms with Crippen LogP contribution in [-0.4, -0.2) is 15.5 Å². The highest BCUT2D eigenvalue weighted by atomic mass is 32.1. The number of furan rings is 1. The van der Waals surface area contributed by atoms with Gasteiger partial charge < -0.3 is 14.3 Å². The first-order valence-electron chi connectivity index (χ1n) is 9.42. The molecule has 0 fully saturated rings. The second-order valence-electron chi connectivity index (χ2n) is 6.91. The van der Waals surface area contributed by atoms with Gasteiger partial charge in [0, 0.05) is 18.5 Å². The van der Waals surface area contributed by atoms with Crippen molar-refractivity contribution >= 4 is 38.4 Å². The lowest BCUT2D eigenvalue weighted by molar-refractivity contribution is 0.0949. The Morgan fingerprint density at radius 2 is 1.90 bits per heavy atom. The summed E-state index contributed by atoms with van der Waals surface area (Å²) in [5.74, 6) is 0.965. The van der Waals surface area contributed by atoms with E-state index in [9.17, 15) is 9.59 Å². The van der Waals surface area contributed by atoms with E-state index in [1.165, 1.54) is 10.6 Å². The van der Waals surface area contributed by atoms with Gasteiger partial charge >= 0.3 is 0 Å². The molecule has 30 heavy (non-hydrogen) atoms. The normalized spacial score (nSPS) is 11.2. The molecule has 5 aromatic rings. The van der Waals surface area contributed by atoms with Crippen LogP contribution in [0.1, 0.15) is 16.1 Å². The molecule has 0 spiro atoms. The van der Waals surface area contributed by atoms with Crippen molar-refractivity contribution in [2.45, 2.75) is 6.54 Å². The molecular formula is C23H17N3O3S. The number of thiazole rings is 1. The van der Waals surface area contributed by atoms with Gasteiger partial charge in [0.25, 0.3) is 11.5 Å². The minimum atomic E-state index is -0.318. The highest BCUT2D eigenvalue weighted by Gasteiger charge is 2.15. The van der Waals surface area contributed by atoms with E-state index in [0.29, 0.717) is 22.6 Å². The van der Waals surface area contributed by atoms with Crippen LogP contribution in [0, 0.1) is 0 Å². The number of hydrogen-bond acceptors (Lipinski definition) is 5. The second-order valence-corrected chi connectivity index (χ2v) is 7.94. The highest BCUT2D eigenvalue weighted by Crippen LogP contribution is 2.31. The Labute approximate surface area is 175 Å². The molecule has 7 heteroatoms. The van der Waals surface area contributed by atoms with E-state index in [1.54, 1.807) is 18.4 Å². The van der Waals surface area contributed by atoms with E-state index in [-0.39, 0.29) is 18.0 Å². The van der Waals surface area contributed by atoms with Crippen LogP contribution in [0.5, 0.6) is 0 Å². The van der Waals surface area contributed by atoms with Crippen molar-refractivity contribution in [3.63, 3.8) is 0 Å². The lowest BCUT2D eigenvalue weighted by Crippen LogP contribution is -2.26. The Morgan fingerprint density at radius 1 is 1.10 bits per heavy atom. The molecule has 5 rings (SSSR count). The smallest absolute Gasteiger partial charge is 0.252 e. The number of pyridine rings is 1. The lowest BCUT2D eigenvalue weighted by atomic mass is 10.1. The summed E-state index contributed by atoms with van der Waals surface area (Å²) in [6.45, 7) is 0.216. The van der Waals surface area contributed by atoms with Crippen molar-refractivity contribution in [1.82, 2.24) is 14.9 Å². The van der Waals surface area contributed by atoms with Crippen LogP contribution in [0.4, 0.5) is 0 Å². The number of nitrogens with one attached hydrogen (secondary N) is 1. The van der Waals surface area contributed by atoms with Crippen molar-refractivity contribution in [3.05, 3.63) is 88.4 Å². The van der Waals surface area contributed by atoms with E-state index >= 15 is 0 Å². The predicted molar refractivity (Wildman–Crippen MR) is 118 cm³/mol. The number of hydrogen-bond donors (Lipinski definition) is 1. The Hall–Kier alpha value is -3.71. The van der Waals surface area contributed by atoms with E-state index in [2.05, 4.69) is 10.3 Å². The number of para-hydroxylation sites is 2. The third kappa shape index (κ3) is 3.19. The number of aryl methyl sites for hydroxylation is 1. The van der Waals surface area contributed by atoms with Gasteiger partial charge in [-0.2, -0.15) is 0 Å². The zero-order valence-electron chi connectivity index (χ0n) is 16.1. The largest absolute Gasteiger partial charge is 0.457 e. The summed E-state index contributed by atoms with van der Waals surface area (Å²) in [7, 11) is 1.69. The van der Waals surface area contributed by atoms with Crippen LogP contribution in [-0.2, 0) is 13.6 Å². The third-order valence-corrected chi connectivity index (χ3v) is 6.04. The van der Waals surface area contributed by atoms with Crippen molar-refractivity contribution in [3.8, 4) is 10.8 Å². The molecule has 0 bridgehead atoms. The number of benzene rings is 2. The Bertz CT molecular complexity index is 1430. The van der Waals surface area contributed by atoms with Gasteiger partial charge in [0.1, 0.15) is 5.76 Å². The number of amides is 1. The molecule has 1 N–H and O–H groups in total. The SMILES string of the molecule is Cn1c(=O)cc(C(=O)NCc2ccc(-c3nc4ccccc4s3)o2)c2ccccc21. The molecule has 0 radical (unpaired) electrons. The summed E-state index contributed by atoms with van der Waals surface area (Å²) in [5, 5.41) is 4.37. The fourth-order valence-corrected chi connectivity index (χ4v) is 4.35. The number of aromatic nitrogens is 2. The van der Waals surface area contributed by atoms with Crippen LogP contribution in [0.15, 0.2) is 75.9 Å². The average Bonchev–Trinajstić information content (AvgIpc) is 3.41. The molecule has 6 nitrogen and oxygen atoms in total. The number of carbonyl (C=O) groups excluding carboxylic acids is 1. The molecule has 2 aromatic carbocycles. The Kier molecular flexibility index (Phi) is 4.44.